The fourth-order valence-electron chi connectivity index (χ4n) is 5.37. The number of β-amino-alcohol motifs (C(OH)–C–C–N with tert-alkyl or cyclic N) is 1. The number of fused-ring (bicyclic) bond motifs is 1. The molecule has 0 radical (unpaired) electrons. The van der Waals surface area contributed by atoms with Gasteiger partial charge >= 0.3 is 6.18 Å². The zero-order valence-corrected chi connectivity index (χ0v) is 24.6. The number of carbonyl (C=O) groups is 1. The van der Waals surface area contributed by atoms with Crippen LogP contribution in [0, 0.1) is 5.92 Å². The van der Waals surface area contributed by atoms with E-state index in [0.29, 0.717) is 48.0 Å². The van der Waals surface area contributed by atoms with Crippen LogP contribution in [0.15, 0.2) is 66.7 Å². The highest BCUT2D eigenvalue weighted by atomic mass is 35.5. The van der Waals surface area contributed by atoms with E-state index in [1.165, 1.54) is 0 Å². The van der Waals surface area contributed by atoms with Gasteiger partial charge in [0.15, 0.2) is 6.10 Å². The molecule has 1 aliphatic rings. The average Bonchev–Trinajstić information content (AvgIpc) is 3.40. The lowest BCUT2D eigenvalue weighted by atomic mass is 9.95. The topological polar surface area (TPSA) is 90.5 Å². The number of amides is 1. The maximum Gasteiger partial charge on any atom is 0.415 e. The largest absolute Gasteiger partial charge is 0.490 e. The summed E-state index contributed by atoms with van der Waals surface area (Å²) in [6.45, 7) is 4.48. The maximum absolute atomic E-state index is 13.3. The van der Waals surface area contributed by atoms with Crippen molar-refractivity contribution in [2.45, 2.75) is 51.1 Å². The van der Waals surface area contributed by atoms with Crippen LogP contribution in [0.5, 0.6) is 5.75 Å². The Morgan fingerprint density at radius 1 is 1.12 bits per heavy atom. The number of aromatic nitrogens is 2. The molecule has 0 aliphatic carbocycles. The zero-order chi connectivity index (χ0) is 30.7. The normalized spacial score (nSPS) is 16.4. The molecule has 4 aromatic rings. The van der Waals surface area contributed by atoms with Crippen molar-refractivity contribution < 1.29 is 27.8 Å². The molecule has 1 aromatic heterocycles. The molecule has 228 valence electrons. The SMILES string of the molecule is CC(C)[C@H](NC(=O)c1ccc2[nH]nc(-c3ccc(OC4CCN(C[C@@H](O)C(F)(F)F)CC4)cc3)c2c1)c1ccccc1Cl. The summed E-state index contributed by atoms with van der Waals surface area (Å²) in [6.07, 6.45) is -5.95. The highest BCUT2D eigenvalue weighted by molar-refractivity contribution is 6.31. The molecule has 2 atom stereocenters. The standard InChI is InChI=1S/C32H34ClF3N4O3/c1-19(2)29(24-5-3-4-6-26(24)33)37-31(42)21-9-12-27-25(17-21)30(39-38-27)20-7-10-22(11-8-20)43-23-13-15-40(16-14-23)18-28(41)32(34,35)36/h3-12,17,19,23,28-29,41H,13-16,18H2,1-2H3,(H,37,42)(H,38,39)/t28-,29+/m1/s1. The first-order valence-electron chi connectivity index (χ1n) is 14.3. The van der Waals surface area contributed by atoms with Crippen LogP contribution in [0.2, 0.25) is 5.02 Å². The van der Waals surface area contributed by atoms with Crippen LogP contribution >= 0.6 is 11.6 Å². The van der Waals surface area contributed by atoms with Crippen molar-refractivity contribution in [2.75, 3.05) is 19.6 Å². The van der Waals surface area contributed by atoms with Crippen molar-refractivity contribution >= 4 is 28.4 Å². The molecule has 2 heterocycles. The Morgan fingerprint density at radius 3 is 2.47 bits per heavy atom. The predicted molar refractivity (Wildman–Crippen MR) is 160 cm³/mol. The molecule has 1 fully saturated rings. The Balaban J connectivity index is 1.24. The third kappa shape index (κ3) is 7.31. The van der Waals surface area contributed by atoms with Crippen LogP contribution in [0.3, 0.4) is 0 Å². The Hall–Kier alpha value is -3.60. The molecule has 3 N–H and O–H groups in total. The van der Waals surface area contributed by atoms with Crippen molar-refractivity contribution in [1.82, 2.24) is 20.4 Å². The summed E-state index contributed by atoms with van der Waals surface area (Å²) in [7, 11) is 0. The Kier molecular flexibility index (Phi) is 9.29. The van der Waals surface area contributed by atoms with Crippen LogP contribution in [0.1, 0.15) is 48.7 Å². The molecular weight excluding hydrogens is 581 g/mol. The molecule has 43 heavy (non-hydrogen) atoms. The van der Waals surface area contributed by atoms with E-state index in [2.05, 4.69) is 15.5 Å². The number of hydrogen-bond donors (Lipinski definition) is 3. The molecule has 0 unspecified atom stereocenters. The second kappa shape index (κ2) is 13.0. The number of aliphatic hydroxyl groups is 1. The number of alkyl halides is 3. The molecule has 0 saturated carbocycles. The molecule has 1 saturated heterocycles. The van der Waals surface area contributed by atoms with Crippen LogP contribution in [0.25, 0.3) is 22.2 Å². The Bertz CT molecular complexity index is 1550. The van der Waals surface area contributed by atoms with Crippen LogP contribution in [-0.2, 0) is 0 Å². The first-order valence-corrected chi connectivity index (χ1v) is 14.6. The number of hydrogen-bond acceptors (Lipinski definition) is 5. The van der Waals surface area contributed by atoms with Crippen molar-refractivity contribution in [3.63, 3.8) is 0 Å². The van der Waals surface area contributed by atoms with Crippen molar-refractivity contribution in [3.8, 4) is 17.0 Å². The first kappa shape index (κ1) is 30.8. The van der Waals surface area contributed by atoms with E-state index in [-0.39, 0.29) is 24.0 Å². The summed E-state index contributed by atoms with van der Waals surface area (Å²) in [5.41, 5.74) is 3.69. The molecule has 11 heteroatoms. The third-order valence-corrected chi connectivity index (χ3v) is 8.14. The van der Waals surface area contributed by atoms with E-state index >= 15 is 0 Å². The van der Waals surface area contributed by atoms with Gasteiger partial charge < -0.3 is 20.1 Å². The highest BCUT2D eigenvalue weighted by Crippen LogP contribution is 2.31. The lowest BCUT2D eigenvalue weighted by Gasteiger charge is -2.33. The first-order chi connectivity index (χ1) is 20.5. The number of likely N-dealkylation sites (tertiary alicyclic amines) is 1. The van der Waals surface area contributed by atoms with Gasteiger partial charge in [0.05, 0.1) is 17.3 Å². The number of nitrogens with one attached hydrogen (secondary N) is 2. The van der Waals surface area contributed by atoms with E-state index in [1.807, 2.05) is 74.5 Å². The van der Waals surface area contributed by atoms with Gasteiger partial charge in [-0.15, -0.1) is 0 Å². The van der Waals surface area contributed by atoms with Crippen molar-refractivity contribution in [2.24, 2.45) is 5.92 Å². The summed E-state index contributed by atoms with van der Waals surface area (Å²) >= 11 is 6.43. The fraction of sp³-hybridized carbons (Fsp3) is 0.375. The Labute approximate surface area is 253 Å². The summed E-state index contributed by atoms with van der Waals surface area (Å²) in [5, 5.41) is 21.4. The number of aliphatic hydroxyl groups excluding tert-OH is 1. The van der Waals surface area contributed by atoms with E-state index in [1.54, 1.807) is 11.0 Å². The van der Waals surface area contributed by atoms with Gasteiger partial charge in [-0.3, -0.25) is 9.89 Å². The summed E-state index contributed by atoms with van der Waals surface area (Å²) in [4.78, 5) is 15.0. The number of ether oxygens (including phenoxy) is 1. The van der Waals surface area contributed by atoms with Gasteiger partial charge in [0.25, 0.3) is 5.91 Å². The number of halogens is 4. The van der Waals surface area contributed by atoms with Gasteiger partial charge in [-0.1, -0.05) is 43.6 Å². The fourth-order valence-corrected chi connectivity index (χ4v) is 5.63. The molecule has 0 bridgehead atoms. The summed E-state index contributed by atoms with van der Waals surface area (Å²) < 4.78 is 44.1. The minimum Gasteiger partial charge on any atom is -0.490 e. The van der Waals surface area contributed by atoms with Crippen LogP contribution in [0.4, 0.5) is 13.2 Å². The van der Waals surface area contributed by atoms with E-state index in [9.17, 15) is 23.1 Å². The molecule has 5 rings (SSSR count). The number of aromatic amines is 1. The predicted octanol–water partition coefficient (Wildman–Crippen LogP) is 6.78. The molecule has 1 amide bonds. The maximum atomic E-state index is 13.3. The minimum absolute atomic E-state index is 0.118. The number of H-pyrrole nitrogens is 1. The van der Waals surface area contributed by atoms with E-state index in [0.717, 1.165) is 22.0 Å². The number of carbonyl (C=O) groups excluding carboxylic acids is 1. The second-order valence-corrected chi connectivity index (χ2v) is 11.7. The zero-order valence-electron chi connectivity index (χ0n) is 23.9. The number of piperidine rings is 1. The molecule has 3 aromatic carbocycles. The van der Waals surface area contributed by atoms with E-state index in [4.69, 9.17) is 16.3 Å². The van der Waals surface area contributed by atoms with Crippen molar-refractivity contribution in [1.29, 1.82) is 0 Å². The van der Waals surface area contributed by atoms with Gasteiger partial charge in [0, 0.05) is 41.2 Å². The van der Waals surface area contributed by atoms with Crippen molar-refractivity contribution in [3.05, 3.63) is 82.9 Å². The van der Waals surface area contributed by atoms with Gasteiger partial charge in [-0.05, 0) is 72.9 Å². The van der Waals surface area contributed by atoms with Gasteiger partial charge in [0.2, 0.25) is 0 Å². The third-order valence-electron chi connectivity index (χ3n) is 7.79. The smallest absolute Gasteiger partial charge is 0.415 e. The Morgan fingerprint density at radius 2 is 1.81 bits per heavy atom. The minimum atomic E-state index is -4.61. The average molecular weight is 615 g/mol. The summed E-state index contributed by atoms with van der Waals surface area (Å²) in [6, 6.07) is 20.1. The molecule has 0 spiro atoms. The number of benzene rings is 3. The quantitative estimate of drug-likeness (QED) is 0.193. The highest BCUT2D eigenvalue weighted by Gasteiger charge is 2.39. The molecule has 1 aliphatic heterocycles. The lowest BCUT2D eigenvalue weighted by molar-refractivity contribution is -0.208. The van der Waals surface area contributed by atoms with E-state index < -0.39 is 18.8 Å². The van der Waals surface area contributed by atoms with Crippen LogP contribution < -0.4 is 10.1 Å². The monoisotopic (exact) mass is 614 g/mol. The number of nitrogens with zero attached hydrogens (tertiary/aromatic N) is 2. The summed E-state index contributed by atoms with van der Waals surface area (Å²) in [5.74, 6) is 0.555. The van der Waals surface area contributed by atoms with Gasteiger partial charge in [-0.2, -0.15) is 18.3 Å². The molecular formula is C32H34ClF3N4O3. The van der Waals surface area contributed by atoms with Crippen LogP contribution in [-0.4, -0.2) is 64.1 Å². The lowest BCUT2D eigenvalue weighted by Crippen LogP contribution is -2.45. The molecule has 7 nitrogen and oxygen atoms in total. The van der Waals surface area contributed by atoms with Gasteiger partial charge in [0.1, 0.15) is 11.9 Å². The second-order valence-electron chi connectivity index (χ2n) is 11.2. The van der Waals surface area contributed by atoms with Gasteiger partial charge in [-0.25, -0.2) is 0 Å². The number of rotatable bonds is 9.